The van der Waals surface area contributed by atoms with Gasteiger partial charge in [0.15, 0.2) is 0 Å². The molecule has 88 valence electrons. The Morgan fingerprint density at radius 3 is 2.44 bits per heavy atom. The molecule has 5 nitrogen and oxygen atoms in total. The maximum absolute atomic E-state index is 9.84. The van der Waals surface area contributed by atoms with Crippen molar-refractivity contribution in [3.63, 3.8) is 0 Å². The summed E-state index contributed by atoms with van der Waals surface area (Å²) in [6, 6.07) is 0. The number of hydrogen-bond acceptors (Lipinski definition) is 5. The molecule has 0 radical (unpaired) electrons. The van der Waals surface area contributed by atoms with Gasteiger partial charge in [0.25, 0.3) is 0 Å². The summed E-state index contributed by atoms with van der Waals surface area (Å²) < 4.78 is 0. The molecule has 1 saturated heterocycles. The lowest BCUT2D eigenvalue weighted by atomic mass is 9.94. The van der Waals surface area contributed by atoms with Gasteiger partial charge in [-0.3, -0.25) is 0 Å². The molecule has 2 rings (SSSR count). The second-order valence-corrected chi connectivity index (χ2v) is 4.58. The molecule has 0 spiro atoms. The van der Waals surface area contributed by atoms with Crippen LogP contribution in [0.5, 0.6) is 0 Å². The quantitative estimate of drug-likeness (QED) is 0.752. The van der Waals surface area contributed by atoms with Gasteiger partial charge >= 0.3 is 0 Å². The zero-order valence-corrected chi connectivity index (χ0v) is 9.56. The smallest absolute Gasteiger partial charge is 0.225 e. The summed E-state index contributed by atoms with van der Waals surface area (Å²) in [5.41, 5.74) is 5.89. The van der Waals surface area contributed by atoms with Crippen LogP contribution < -0.4 is 10.6 Å². The Kier molecular flexibility index (Phi) is 3.07. The highest BCUT2D eigenvalue weighted by Gasteiger charge is 2.28. The fourth-order valence-electron chi connectivity index (χ4n) is 1.81. The molecule has 1 aliphatic heterocycles. The minimum atomic E-state index is -0.534. The Bertz CT molecular complexity index is 340. The summed E-state index contributed by atoms with van der Waals surface area (Å²) in [5.74, 6) is 0.729. The molecule has 1 aromatic heterocycles. The van der Waals surface area contributed by atoms with E-state index >= 15 is 0 Å². The van der Waals surface area contributed by atoms with Crippen LogP contribution in [0.1, 0.15) is 25.3 Å². The Morgan fingerprint density at radius 1 is 1.38 bits per heavy atom. The maximum atomic E-state index is 9.84. The van der Waals surface area contributed by atoms with E-state index in [1.807, 2.05) is 6.92 Å². The summed E-state index contributed by atoms with van der Waals surface area (Å²) >= 11 is 0. The molecule has 2 heterocycles. The van der Waals surface area contributed by atoms with Crippen LogP contribution in [0.25, 0.3) is 0 Å². The average molecular weight is 222 g/mol. The first kappa shape index (κ1) is 11.3. The SMILES string of the molecule is CC1(O)CCN(c2ncc(CN)cn2)CC1. The molecular formula is C11H18N4O. The molecule has 0 aromatic carbocycles. The van der Waals surface area contributed by atoms with Crippen LogP contribution in [0.4, 0.5) is 5.95 Å². The highest BCUT2D eigenvalue weighted by molar-refractivity contribution is 5.30. The van der Waals surface area contributed by atoms with Crippen LogP contribution in [0.2, 0.25) is 0 Å². The van der Waals surface area contributed by atoms with Crippen molar-refractivity contribution in [2.75, 3.05) is 18.0 Å². The van der Waals surface area contributed by atoms with Gasteiger partial charge in [-0.05, 0) is 19.8 Å². The lowest BCUT2D eigenvalue weighted by molar-refractivity contribution is 0.0349. The van der Waals surface area contributed by atoms with Crippen LogP contribution in [-0.2, 0) is 6.54 Å². The summed E-state index contributed by atoms with van der Waals surface area (Å²) in [7, 11) is 0. The lowest BCUT2D eigenvalue weighted by Crippen LogP contribution is -2.43. The number of nitrogens with two attached hydrogens (primary N) is 1. The van der Waals surface area contributed by atoms with Gasteiger partial charge in [0.05, 0.1) is 5.60 Å². The van der Waals surface area contributed by atoms with Crippen LogP contribution in [0.3, 0.4) is 0 Å². The van der Waals surface area contributed by atoms with E-state index in [0.717, 1.165) is 37.4 Å². The molecule has 16 heavy (non-hydrogen) atoms. The third-order valence-electron chi connectivity index (χ3n) is 3.05. The standard InChI is InChI=1S/C11H18N4O/c1-11(16)2-4-15(5-3-11)10-13-7-9(6-12)8-14-10/h7-8,16H,2-6,12H2,1H3. The minimum Gasteiger partial charge on any atom is -0.390 e. The van der Waals surface area contributed by atoms with Gasteiger partial charge in [0, 0.05) is 37.6 Å². The van der Waals surface area contributed by atoms with Crippen molar-refractivity contribution in [1.82, 2.24) is 9.97 Å². The monoisotopic (exact) mass is 222 g/mol. The van der Waals surface area contributed by atoms with Crippen molar-refractivity contribution in [2.24, 2.45) is 5.73 Å². The molecule has 1 aliphatic rings. The van der Waals surface area contributed by atoms with Crippen LogP contribution >= 0.6 is 0 Å². The predicted molar refractivity (Wildman–Crippen MR) is 62.0 cm³/mol. The Balaban J connectivity index is 2.03. The molecule has 1 aromatic rings. The van der Waals surface area contributed by atoms with Crippen LogP contribution in [-0.4, -0.2) is 33.8 Å². The Labute approximate surface area is 95.3 Å². The van der Waals surface area contributed by atoms with Gasteiger partial charge in [0.1, 0.15) is 0 Å². The summed E-state index contributed by atoms with van der Waals surface area (Å²) in [6.07, 6.45) is 5.04. The fourth-order valence-corrected chi connectivity index (χ4v) is 1.81. The third kappa shape index (κ3) is 2.48. The number of piperidine rings is 1. The number of nitrogens with zero attached hydrogens (tertiary/aromatic N) is 3. The van der Waals surface area contributed by atoms with Crippen molar-refractivity contribution in [1.29, 1.82) is 0 Å². The maximum Gasteiger partial charge on any atom is 0.225 e. The summed E-state index contributed by atoms with van der Waals surface area (Å²) in [6.45, 7) is 3.95. The number of hydrogen-bond donors (Lipinski definition) is 2. The van der Waals surface area contributed by atoms with Crippen molar-refractivity contribution in [2.45, 2.75) is 31.9 Å². The molecule has 0 amide bonds. The Hall–Kier alpha value is -1.20. The average Bonchev–Trinajstić information content (AvgIpc) is 2.29. The molecule has 0 aliphatic carbocycles. The van der Waals surface area contributed by atoms with Gasteiger partial charge in [-0.2, -0.15) is 0 Å². The summed E-state index contributed by atoms with van der Waals surface area (Å²) in [5, 5.41) is 9.84. The molecule has 0 saturated carbocycles. The van der Waals surface area contributed by atoms with Gasteiger partial charge in [-0.25, -0.2) is 9.97 Å². The van der Waals surface area contributed by atoms with Crippen LogP contribution in [0, 0.1) is 0 Å². The van der Waals surface area contributed by atoms with E-state index in [-0.39, 0.29) is 0 Å². The van der Waals surface area contributed by atoms with E-state index < -0.39 is 5.60 Å². The van der Waals surface area contributed by atoms with Gasteiger partial charge in [-0.15, -0.1) is 0 Å². The zero-order valence-electron chi connectivity index (χ0n) is 9.56. The van der Waals surface area contributed by atoms with Crippen molar-refractivity contribution >= 4 is 5.95 Å². The van der Waals surface area contributed by atoms with E-state index in [9.17, 15) is 5.11 Å². The summed E-state index contributed by atoms with van der Waals surface area (Å²) in [4.78, 5) is 10.6. The Morgan fingerprint density at radius 2 is 1.94 bits per heavy atom. The predicted octanol–water partition coefficient (Wildman–Crippen LogP) is 0.287. The van der Waals surface area contributed by atoms with Gasteiger partial charge in [-0.1, -0.05) is 0 Å². The molecular weight excluding hydrogens is 204 g/mol. The second-order valence-electron chi connectivity index (χ2n) is 4.58. The number of rotatable bonds is 2. The molecule has 0 atom stereocenters. The molecule has 1 fully saturated rings. The van der Waals surface area contributed by atoms with Crippen molar-refractivity contribution in [3.05, 3.63) is 18.0 Å². The van der Waals surface area contributed by atoms with Gasteiger partial charge < -0.3 is 15.7 Å². The van der Waals surface area contributed by atoms with Crippen molar-refractivity contribution in [3.8, 4) is 0 Å². The van der Waals surface area contributed by atoms with E-state index in [2.05, 4.69) is 14.9 Å². The van der Waals surface area contributed by atoms with E-state index in [0.29, 0.717) is 6.54 Å². The first-order valence-electron chi connectivity index (χ1n) is 5.59. The van der Waals surface area contributed by atoms with E-state index in [4.69, 9.17) is 5.73 Å². The highest BCUT2D eigenvalue weighted by Crippen LogP contribution is 2.23. The topological polar surface area (TPSA) is 75.3 Å². The van der Waals surface area contributed by atoms with Crippen molar-refractivity contribution < 1.29 is 5.11 Å². The number of aromatic nitrogens is 2. The first-order valence-corrected chi connectivity index (χ1v) is 5.59. The molecule has 0 bridgehead atoms. The lowest BCUT2D eigenvalue weighted by Gasteiger charge is -2.35. The zero-order chi connectivity index (χ0) is 11.6. The number of aliphatic hydroxyl groups is 1. The largest absolute Gasteiger partial charge is 0.390 e. The molecule has 3 N–H and O–H groups in total. The van der Waals surface area contributed by atoms with Crippen LogP contribution in [0.15, 0.2) is 12.4 Å². The van der Waals surface area contributed by atoms with Gasteiger partial charge in [0.2, 0.25) is 5.95 Å². The highest BCUT2D eigenvalue weighted by atomic mass is 16.3. The van der Waals surface area contributed by atoms with E-state index in [1.54, 1.807) is 12.4 Å². The van der Waals surface area contributed by atoms with E-state index in [1.165, 1.54) is 0 Å². The molecule has 5 heteroatoms. The second kappa shape index (κ2) is 4.35. The normalized spacial score (nSPS) is 19.8. The third-order valence-corrected chi connectivity index (χ3v) is 3.05. The number of anilines is 1. The minimum absolute atomic E-state index is 0.467. The first-order chi connectivity index (χ1) is 7.61. The molecule has 0 unspecified atom stereocenters. The fraction of sp³-hybridized carbons (Fsp3) is 0.636.